The first-order valence-corrected chi connectivity index (χ1v) is 8.71. The Morgan fingerprint density at radius 1 is 0.905 bits per heavy atom. The van der Waals surface area contributed by atoms with Crippen molar-refractivity contribution in [2.45, 2.75) is 71.3 Å². The van der Waals surface area contributed by atoms with Crippen molar-refractivity contribution >= 4 is 0 Å². The van der Waals surface area contributed by atoms with Gasteiger partial charge >= 0.3 is 0 Å². The van der Waals surface area contributed by atoms with Crippen molar-refractivity contribution in [1.29, 1.82) is 0 Å². The Morgan fingerprint density at radius 3 is 2.10 bits per heavy atom. The fourth-order valence-electron chi connectivity index (χ4n) is 2.75. The van der Waals surface area contributed by atoms with Gasteiger partial charge in [-0.2, -0.15) is 0 Å². The smallest absolute Gasteiger partial charge is 0.119 e. The molecule has 1 aromatic rings. The van der Waals surface area contributed by atoms with Gasteiger partial charge in [-0.1, -0.05) is 64.0 Å². The van der Waals surface area contributed by atoms with Gasteiger partial charge in [-0.25, -0.2) is 0 Å². The number of unbranched alkanes of at least 4 members (excludes halogenated alkanes) is 6. The molecule has 120 valence electrons. The van der Waals surface area contributed by atoms with E-state index in [1.54, 1.807) is 0 Å². The summed E-state index contributed by atoms with van der Waals surface area (Å²) in [6, 6.07) is 9.00. The van der Waals surface area contributed by atoms with Crippen LogP contribution in [-0.2, 0) is 0 Å². The summed E-state index contributed by atoms with van der Waals surface area (Å²) >= 11 is 0. The van der Waals surface area contributed by atoms with Gasteiger partial charge in [0.1, 0.15) is 5.75 Å². The molecule has 0 spiro atoms. The van der Waals surface area contributed by atoms with Crippen LogP contribution in [0.3, 0.4) is 0 Å². The van der Waals surface area contributed by atoms with E-state index in [1.807, 2.05) is 6.92 Å². The van der Waals surface area contributed by atoms with Gasteiger partial charge in [0.2, 0.25) is 0 Å². The molecule has 0 bridgehead atoms. The molecule has 1 atom stereocenters. The standard InChI is InChI=1S/C19H33NO/c1-4-6-7-8-9-10-11-12-19(20-3)17-13-15-18(16-14-17)21-5-2/h13-16,19-20H,4-12H2,1-3H3. The van der Waals surface area contributed by atoms with Crippen LogP contribution < -0.4 is 10.1 Å². The number of hydrogen-bond donors (Lipinski definition) is 1. The largest absolute Gasteiger partial charge is 0.494 e. The number of ether oxygens (including phenoxy) is 1. The normalized spacial score (nSPS) is 12.3. The molecule has 0 saturated carbocycles. The van der Waals surface area contributed by atoms with Gasteiger partial charge in [-0.15, -0.1) is 0 Å². The third-order valence-electron chi connectivity index (χ3n) is 4.04. The quantitative estimate of drug-likeness (QED) is 0.514. The highest BCUT2D eigenvalue weighted by atomic mass is 16.5. The van der Waals surface area contributed by atoms with Crippen LogP contribution in [0.1, 0.15) is 76.8 Å². The lowest BCUT2D eigenvalue weighted by Gasteiger charge is -2.17. The second-order valence-electron chi connectivity index (χ2n) is 5.75. The fourth-order valence-corrected chi connectivity index (χ4v) is 2.75. The second kappa shape index (κ2) is 11.6. The van der Waals surface area contributed by atoms with Gasteiger partial charge in [-0.05, 0) is 38.1 Å². The highest BCUT2D eigenvalue weighted by Crippen LogP contribution is 2.22. The van der Waals surface area contributed by atoms with Gasteiger partial charge in [0.25, 0.3) is 0 Å². The minimum absolute atomic E-state index is 0.469. The Balaban J connectivity index is 2.27. The highest BCUT2D eigenvalue weighted by molar-refractivity contribution is 5.29. The molecule has 0 aliphatic rings. The van der Waals surface area contributed by atoms with E-state index < -0.39 is 0 Å². The molecule has 0 aromatic heterocycles. The first kappa shape index (κ1) is 18.0. The van der Waals surface area contributed by atoms with E-state index >= 15 is 0 Å². The van der Waals surface area contributed by atoms with Gasteiger partial charge in [0, 0.05) is 6.04 Å². The molecule has 21 heavy (non-hydrogen) atoms. The monoisotopic (exact) mass is 291 g/mol. The van der Waals surface area contributed by atoms with Crippen LogP contribution in [-0.4, -0.2) is 13.7 Å². The van der Waals surface area contributed by atoms with Gasteiger partial charge < -0.3 is 10.1 Å². The molecule has 0 aliphatic heterocycles. The predicted molar refractivity (Wildman–Crippen MR) is 92.0 cm³/mol. The van der Waals surface area contributed by atoms with E-state index in [0.29, 0.717) is 6.04 Å². The minimum atomic E-state index is 0.469. The fraction of sp³-hybridized carbons (Fsp3) is 0.684. The zero-order chi connectivity index (χ0) is 15.3. The third-order valence-corrected chi connectivity index (χ3v) is 4.04. The Labute approximate surface area is 131 Å². The molecule has 2 nitrogen and oxygen atoms in total. The molecule has 0 saturated heterocycles. The summed E-state index contributed by atoms with van der Waals surface area (Å²) in [5, 5.41) is 3.44. The highest BCUT2D eigenvalue weighted by Gasteiger charge is 2.08. The number of rotatable bonds is 12. The Hall–Kier alpha value is -1.02. The van der Waals surface area contributed by atoms with E-state index in [4.69, 9.17) is 4.74 Å². The van der Waals surface area contributed by atoms with Crippen molar-refractivity contribution in [2.24, 2.45) is 0 Å². The first-order chi connectivity index (χ1) is 10.3. The van der Waals surface area contributed by atoms with E-state index in [2.05, 4.69) is 43.6 Å². The zero-order valence-corrected chi connectivity index (χ0v) is 14.2. The van der Waals surface area contributed by atoms with Crippen molar-refractivity contribution in [3.8, 4) is 5.75 Å². The van der Waals surface area contributed by atoms with Crippen LogP contribution >= 0.6 is 0 Å². The molecular formula is C19H33NO. The zero-order valence-electron chi connectivity index (χ0n) is 14.2. The van der Waals surface area contributed by atoms with Gasteiger partial charge in [0.15, 0.2) is 0 Å². The third kappa shape index (κ3) is 7.52. The average Bonchev–Trinajstić information content (AvgIpc) is 2.52. The average molecular weight is 291 g/mol. The molecule has 0 radical (unpaired) electrons. The van der Waals surface area contributed by atoms with Gasteiger partial charge in [-0.3, -0.25) is 0 Å². The molecular weight excluding hydrogens is 258 g/mol. The van der Waals surface area contributed by atoms with E-state index in [-0.39, 0.29) is 0 Å². The molecule has 1 rings (SSSR count). The summed E-state index contributed by atoms with van der Waals surface area (Å²) in [5.74, 6) is 0.965. The summed E-state index contributed by atoms with van der Waals surface area (Å²) in [6.45, 7) is 5.02. The molecule has 0 aliphatic carbocycles. The Morgan fingerprint density at radius 2 is 1.52 bits per heavy atom. The molecule has 0 heterocycles. The SMILES string of the molecule is CCCCCCCCCC(NC)c1ccc(OCC)cc1. The molecule has 1 N–H and O–H groups in total. The van der Waals surface area contributed by atoms with Crippen molar-refractivity contribution in [2.75, 3.05) is 13.7 Å². The van der Waals surface area contributed by atoms with Crippen molar-refractivity contribution < 1.29 is 4.74 Å². The number of nitrogens with one attached hydrogen (secondary N) is 1. The van der Waals surface area contributed by atoms with Crippen LogP contribution in [0.25, 0.3) is 0 Å². The van der Waals surface area contributed by atoms with Crippen molar-refractivity contribution in [1.82, 2.24) is 5.32 Å². The maximum Gasteiger partial charge on any atom is 0.119 e. The van der Waals surface area contributed by atoms with E-state index in [9.17, 15) is 0 Å². The van der Waals surface area contributed by atoms with Crippen molar-refractivity contribution in [3.05, 3.63) is 29.8 Å². The summed E-state index contributed by atoms with van der Waals surface area (Å²) in [6.07, 6.45) is 10.8. The maximum absolute atomic E-state index is 5.50. The van der Waals surface area contributed by atoms with E-state index in [0.717, 1.165) is 12.4 Å². The van der Waals surface area contributed by atoms with Crippen LogP contribution in [0.2, 0.25) is 0 Å². The molecule has 0 amide bonds. The van der Waals surface area contributed by atoms with Crippen LogP contribution in [0.5, 0.6) is 5.75 Å². The lowest BCUT2D eigenvalue weighted by Crippen LogP contribution is -2.16. The minimum Gasteiger partial charge on any atom is -0.494 e. The Bertz CT molecular complexity index is 347. The summed E-state index contributed by atoms with van der Waals surface area (Å²) in [7, 11) is 2.06. The van der Waals surface area contributed by atoms with E-state index in [1.165, 1.54) is 56.9 Å². The lowest BCUT2D eigenvalue weighted by atomic mass is 9.99. The molecule has 2 heteroatoms. The second-order valence-corrected chi connectivity index (χ2v) is 5.75. The summed E-state index contributed by atoms with van der Waals surface area (Å²) < 4.78 is 5.50. The van der Waals surface area contributed by atoms with Crippen molar-refractivity contribution in [3.63, 3.8) is 0 Å². The van der Waals surface area contributed by atoms with Gasteiger partial charge in [0.05, 0.1) is 6.61 Å². The Kier molecular flexibility index (Phi) is 9.98. The molecule has 1 unspecified atom stereocenters. The number of hydrogen-bond acceptors (Lipinski definition) is 2. The van der Waals surface area contributed by atoms with Crippen LogP contribution in [0.15, 0.2) is 24.3 Å². The van der Waals surface area contributed by atoms with Crippen LogP contribution in [0.4, 0.5) is 0 Å². The summed E-state index contributed by atoms with van der Waals surface area (Å²) in [4.78, 5) is 0. The number of benzene rings is 1. The topological polar surface area (TPSA) is 21.3 Å². The summed E-state index contributed by atoms with van der Waals surface area (Å²) in [5.41, 5.74) is 1.37. The predicted octanol–water partition coefficient (Wildman–Crippen LogP) is 5.49. The van der Waals surface area contributed by atoms with Crippen LogP contribution in [0, 0.1) is 0 Å². The lowest BCUT2D eigenvalue weighted by molar-refractivity contribution is 0.340. The first-order valence-electron chi connectivity index (χ1n) is 8.71. The molecule has 0 fully saturated rings. The maximum atomic E-state index is 5.50. The molecule has 1 aromatic carbocycles.